The largest absolute Gasteiger partial charge is 0.522 e. The maximum atomic E-state index is 11.9. The minimum absolute atomic E-state index is 0.0823. The number of ether oxygens (including phenoxy) is 4. The summed E-state index contributed by atoms with van der Waals surface area (Å²) in [5.41, 5.74) is 0. The lowest BCUT2D eigenvalue weighted by Gasteiger charge is -2.35. The number of alkyl halides is 6. The SMILES string of the molecule is O=C(OCC1CC(OC(F)(F)F)C1)OC[C@H]1C[C@@H](OC(F)(F)F)C1. The molecule has 0 aromatic rings. The maximum absolute atomic E-state index is 11.9. The van der Waals surface area contributed by atoms with E-state index >= 15 is 0 Å². The highest BCUT2D eigenvalue weighted by molar-refractivity contribution is 5.59. The van der Waals surface area contributed by atoms with Gasteiger partial charge in [-0.05, 0) is 37.5 Å². The number of rotatable bonds is 6. The molecule has 0 aliphatic heterocycles. The van der Waals surface area contributed by atoms with Crippen LogP contribution in [-0.4, -0.2) is 44.3 Å². The van der Waals surface area contributed by atoms with Crippen LogP contribution >= 0.6 is 0 Å². The van der Waals surface area contributed by atoms with Gasteiger partial charge in [0.2, 0.25) is 0 Å². The van der Waals surface area contributed by atoms with Crippen LogP contribution in [-0.2, 0) is 18.9 Å². The van der Waals surface area contributed by atoms with E-state index in [1.54, 1.807) is 0 Å². The third-order valence-corrected chi connectivity index (χ3v) is 3.86. The van der Waals surface area contributed by atoms with Gasteiger partial charge in [-0.2, -0.15) is 0 Å². The van der Waals surface area contributed by atoms with Crippen LogP contribution in [0, 0.1) is 11.8 Å². The molecule has 0 saturated heterocycles. The minimum Gasteiger partial charge on any atom is -0.434 e. The van der Waals surface area contributed by atoms with Gasteiger partial charge in [0.25, 0.3) is 0 Å². The lowest BCUT2D eigenvalue weighted by atomic mass is 9.83. The van der Waals surface area contributed by atoms with Gasteiger partial charge in [-0.15, -0.1) is 26.3 Å². The fourth-order valence-electron chi connectivity index (χ4n) is 2.61. The van der Waals surface area contributed by atoms with E-state index in [2.05, 4.69) is 9.47 Å². The third kappa shape index (κ3) is 6.71. The Labute approximate surface area is 133 Å². The Bertz CT molecular complexity index is 388. The summed E-state index contributed by atoms with van der Waals surface area (Å²) in [6.07, 6.45) is -11.7. The van der Waals surface area contributed by atoms with Crippen molar-refractivity contribution in [2.75, 3.05) is 13.2 Å². The summed E-state index contributed by atoms with van der Waals surface area (Å²) in [7, 11) is 0. The van der Waals surface area contributed by atoms with Crippen LogP contribution < -0.4 is 0 Å². The van der Waals surface area contributed by atoms with Crippen LogP contribution in [0.4, 0.5) is 31.1 Å². The molecule has 0 amide bonds. The molecular formula is C13H16F6O5. The van der Waals surface area contributed by atoms with E-state index in [0.29, 0.717) is 0 Å². The molecule has 2 aliphatic rings. The smallest absolute Gasteiger partial charge is 0.434 e. The second kappa shape index (κ2) is 7.34. The minimum atomic E-state index is -4.67. The highest BCUT2D eigenvalue weighted by Gasteiger charge is 2.41. The molecule has 24 heavy (non-hydrogen) atoms. The number of hydrogen-bond donors (Lipinski definition) is 0. The quantitative estimate of drug-likeness (QED) is 0.529. The molecule has 0 atom stereocenters. The summed E-state index contributed by atoms with van der Waals surface area (Å²) in [6, 6.07) is 0. The molecule has 0 bridgehead atoms. The zero-order valence-corrected chi connectivity index (χ0v) is 12.4. The second-order valence-electron chi connectivity index (χ2n) is 5.92. The Balaban J connectivity index is 1.47. The predicted molar refractivity (Wildman–Crippen MR) is 64.6 cm³/mol. The molecule has 2 aliphatic carbocycles. The van der Waals surface area contributed by atoms with Gasteiger partial charge in [-0.1, -0.05) is 0 Å². The van der Waals surface area contributed by atoms with E-state index in [9.17, 15) is 31.1 Å². The monoisotopic (exact) mass is 366 g/mol. The summed E-state index contributed by atoms with van der Waals surface area (Å²) in [5.74, 6) is -0.448. The van der Waals surface area contributed by atoms with Crippen molar-refractivity contribution in [3.63, 3.8) is 0 Å². The average molecular weight is 366 g/mol. The van der Waals surface area contributed by atoms with Crippen LogP contribution in [0.5, 0.6) is 0 Å². The van der Waals surface area contributed by atoms with Gasteiger partial charge in [0.15, 0.2) is 0 Å². The van der Waals surface area contributed by atoms with Gasteiger partial charge in [0.1, 0.15) is 0 Å². The molecule has 2 fully saturated rings. The Kier molecular flexibility index (Phi) is 5.84. The van der Waals surface area contributed by atoms with E-state index in [4.69, 9.17) is 9.47 Å². The molecule has 0 spiro atoms. The Morgan fingerprint density at radius 2 is 1.08 bits per heavy atom. The van der Waals surface area contributed by atoms with E-state index in [1.165, 1.54) is 0 Å². The molecule has 0 aromatic carbocycles. The zero-order valence-electron chi connectivity index (χ0n) is 12.4. The van der Waals surface area contributed by atoms with Gasteiger partial charge >= 0.3 is 18.9 Å². The van der Waals surface area contributed by atoms with Crippen LogP contribution in [0.2, 0.25) is 0 Å². The lowest BCUT2D eigenvalue weighted by molar-refractivity contribution is -0.355. The molecule has 2 rings (SSSR count). The van der Waals surface area contributed by atoms with Crippen molar-refractivity contribution >= 4 is 6.16 Å². The Morgan fingerprint density at radius 3 is 1.38 bits per heavy atom. The van der Waals surface area contributed by atoms with E-state index < -0.39 is 31.1 Å². The van der Waals surface area contributed by atoms with Crippen molar-refractivity contribution in [1.29, 1.82) is 0 Å². The second-order valence-corrected chi connectivity index (χ2v) is 5.92. The summed E-state index contributed by atoms with van der Waals surface area (Å²) in [6.45, 7) is -0.165. The molecule has 2 saturated carbocycles. The first-order valence-electron chi connectivity index (χ1n) is 7.29. The van der Waals surface area contributed by atoms with Crippen LogP contribution in [0.15, 0.2) is 0 Å². The zero-order chi connectivity index (χ0) is 18.0. The average Bonchev–Trinajstić information content (AvgIpc) is 2.31. The maximum Gasteiger partial charge on any atom is 0.522 e. The highest BCUT2D eigenvalue weighted by atomic mass is 19.4. The van der Waals surface area contributed by atoms with Crippen molar-refractivity contribution in [1.82, 2.24) is 0 Å². The van der Waals surface area contributed by atoms with Crippen LogP contribution in [0.3, 0.4) is 0 Å². The highest BCUT2D eigenvalue weighted by Crippen LogP contribution is 2.36. The third-order valence-electron chi connectivity index (χ3n) is 3.86. The molecule has 0 N–H and O–H groups in total. The summed E-state index contributed by atoms with van der Waals surface area (Å²) in [5, 5.41) is 0. The van der Waals surface area contributed by atoms with Crippen LogP contribution in [0.1, 0.15) is 25.7 Å². The standard InChI is InChI=1S/C13H16F6O5/c14-12(15,16)23-9-1-7(2-9)5-21-11(20)22-6-8-3-10(4-8)24-13(17,18)19/h7-10H,1-6H2/t7-,8?,9+,10?. The molecule has 0 heterocycles. The molecular weight excluding hydrogens is 350 g/mol. The molecule has 11 heteroatoms. The van der Waals surface area contributed by atoms with Crippen molar-refractivity contribution < 1.29 is 50.1 Å². The summed E-state index contributed by atoms with van der Waals surface area (Å²) in [4.78, 5) is 11.3. The number of halogens is 6. The number of hydrogen-bond acceptors (Lipinski definition) is 5. The Morgan fingerprint density at radius 1 is 0.750 bits per heavy atom. The lowest BCUT2D eigenvalue weighted by Crippen LogP contribution is -2.39. The first-order chi connectivity index (χ1) is 11.0. The van der Waals surface area contributed by atoms with Gasteiger partial charge in [0.05, 0.1) is 25.4 Å². The topological polar surface area (TPSA) is 54.0 Å². The van der Waals surface area contributed by atoms with Crippen molar-refractivity contribution in [3.8, 4) is 0 Å². The normalized spacial score (nSPS) is 30.2. The number of carbonyl (C=O) groups is 1. The molecule has 140 valence electrons. The van der Waals surface area contributed by atoms with Gasteiger partial charge in [0, 0.05) is 0 Å². The first kappa shape index (κ1) is 19.1. The number of carbonyl (C=O) groups excluding carboxylic acids is 1. The van der Waals surface area contributed by atoms with Crippen LogP contribution in [0.25, 0.3) is 0 Å². The summed E-state index contributed by atoms with van der Waals surface area (Å²) < 4.78 is 88.5. The van der Waals surface area contributed by atoms with Crippen molar-refractivity contribution in [3.05, 3.63) is 0 Å². The van der Waals surface area contributed by atoms with E-state index in [0.717, 1.165) is 0 Å². The fourth-order valence-corrected chi connectivity index (χ4v) is 2.61. The van der Waals surface area contributed by atoms with Crippen molar-refractivity contribution in [2.24, 2.45) is 11.8 Å². The first-order valence-corrected chi connectivity index (χ1v) is 7.29. The van der Waals surface area contributed by atoms with Gasteiger partial charge in [-0.25, -0.2) is 4.79 Å². The van der Waals surface area contributed by atoms with E-state index in [-0.39, 0.29) is 50.7 Å². The van der Waals surface area contributed by atoms with E-state index in [1.807, 2.05) is 0 Å². The van der Waals surface area contributed by atoms with Crippen molar-refractivity contribution in [2.45, 2.75) is 50.6 Å². The molecule has 0 unspecified atom stereocenters. The molecule has 0 radical (unpaired) electrons. The predicted octanol–water partition coefficient (Wildman–Crippen LogP) is 3.77. The summed E-state index contributed by atoms with van der Waals surface area (Å²) >= 11 is 0. The molecule has 0 aromatic heterocycles. The van der Waals surface area contributed by atoms with Gasteiger partial charge in [-0.3, -0.25) is 9.47 Å². The fraction of sp³-hybridized carbons (Fsp3) is 0.923. The molecule has 5 nitrogen and oxygen atoms in total. The Hall–Kier alpha value is -1.23. The van der Waals surface area contributed by atoms with Gasteiger partial charge < -0.3 is 9.47 Å².